The minimum Gasteiger partial charge on any atom is -0.294 e. The quantitative estimate of drug-likeness (QED) is 0.699. The van der Waals surface area contributed by atoms with E-state index in [1.54, 1.807) is 12.1 Å². The van der Waals surface area contributed by atoms with Gasteiger partial charge in [-0.3, -0.25) is 4.79 Å². The molecule has 0 atom stereocenters. The number of rotatable bonds is 3. The lowest BCUT2D eigenvalue weighted by Gasteiger charge is -1.98. The van der Waals surface area contributed by atoms with Gasteiger partial charge in [0.15, 0.2) is 5.78 Å². The van der Waals surface area contributed by atoms with Gasteiger partial charge in [0.2, 0.25) is 0 Å². The summed E-state index contributed by atoms with van der Waals surface area (Å²) < 4.78 is 0. The molecule has 0 aliphatic heterocycles. The van der Waals surface area contributed by atoms with Crippen LogP contribution in [0.25, 0.3) is 0 Å². The number of ketones is 1. The van der Waals surface area contributed by atoms with Crippen LogP contribution < -0.4 is 0 Å². The number of benzene rings is 1. The minimum atomic E-state index is 0.0381. The summed E-state index contributed by atoms with van der Waals surface area (Å²) in [6.07, 6.45) is 3.11. The van der Waals surface area contributed by atoms with Crippen molar-refractivity contribution in [3.63, 3.8) is 0 Å². The fourth-order valence-corrected chi connectivity index (χ4v) is 1.24. The van der Waals surface area contributed by atoms with E-state index in [1.165, 1.54) is 12.5 Å². The molecule has 0 N–H and O–H groups in total. The molecule has 0 aliphatic rings. The Morgan fingerprint density at radius 2 is 1.93 bits per heavy atom. The molecule has 4 heteroatoms. The summed E-state index contributed by atoms with van der Waals surface area (Å²) in [5.41, 5.74) is 1.33. The zero-order chi connectivity index (χ0) is 10.5. The molecule has 0 unspecified atom stereocenters. The Morgan fingerprint density at radius 3 is 2.60 bits per heavy atom. The first-order chi connectivity index (χ1) is 7.36. The van der Waals surface area contributed by atoms with E-state index in [4.69, 9.17) is 0 Å². The minimum absolute atomic E-state index is 0.0381. The van der Waals surface area contributed by atoms with Gasteiger partial charge >= 0.3 is 0 Å². The number of nitrogens with zero attached hydrogens (tertiary/aromatic N) is 3. The van der Waals surface area contributed by atoms with Crippen LogP contribution in [0.1, 0.15) is 16.1 Å². The van der Waals surface area contributed by atoms with E-state index in [-0.39, 0.29) is 12.2 Å². The van der Waals surface area contributed by atoms with Crippen LogP contribution in [0.15, 0.2) is 42.9 Å². The molecule has 0 bridgehead atoms. The van der Waals surface area contributed by atoms with Gasteiger partial charge in [0.1, 0.15) is 6.33 Å². The topological polar surface area (TPSA) is 55.7 Å². The average Bonchev–Trinajstić information content (AvgIpc) is 2.31. The molecule has 1 aromatic carbocycles. The second kappa shape index (κ2) is 4.41. The van der Waals surface area contributed by atoms with Crippen LogP contribution in [-0.4, -0.2) is 21.0 Å². The SMILES string of the molecule is O=C(Cc1cnncn1)c1ccccc1. The molecule has 0 saturated heterocycles. The van der Waals surface area contributed by atoms with E-state index in [1.807, 2.05) is 18.2 Å². The number of carbonyl (C=O) groups excluding carboxylic acids is 1. The van der Waals surface area contributed by atoms with Crippen LogP contribution >= 0.6 is 0 Å². The maximum Gasteiger partial charge on any atom is 0.168 e. The Labute approximate surface area is 87.0 Å². The number of hydrogen-bond acceptors (Lipinski definition) is 4. The third kappa shape index (κ3) is 2.43. The molecule has 2 aromatic rings. The summed E-state index contributed by atoms with van der Waals surface area (Å²) in [6.45, 7) is 0. The summed E-state index contributed by atoms with van der Waals surface area (Å²) in [5.74, 6) is 0.0381. The smallest absolute Gasteiger partial charge is 0.168 e. The van der Waals surface area contributed by atoms with Gasteiger partial charge in [-0.1, -0.05) is 30.3 Å². The van der Waals surface area contributed by atoms with E-state index in [0.717, 1.165) is 0 Å². The molecule has 2 rings (SSSR count). The molecule has 0 saturated carbocycles. The van der Waals surface area contributed by atoms with Crippen LogP contribution in [0.3, 0.4) is 0 Å². The fourth-order valence-electron chi connectivity index (χ4n) is 1.24. The molecule has 0 radical (unpaired) electrons. The number of Topliss-reactive ketones (excluding diaryl/α,β-unsaturated/α-hetero) is 1. The van der Waals surface area contributed by atoms with Crippen LogP contribution in [0.4, 0.5) is 0 Å². The third-order valence-corrected chi connectivity index (χ3v) is 1.99. The van der Waals surface area contributed by atoms with Crippen molar-refractivity contribution < 1.29 is 4.79 Å². The number of carbonyl (C=O) groups is 1. The molecular weight excluding hydrogens is 190 g/mol. The van der Waals surface area contributed by atoms with Crippen molar-refractivity contribution in [3.8, 4) is 0 Å². The zero-order valence-electron chi connectivity index (χ0n) is 8.00. The molecule has 0 aliphatic carbocycles. The molecule has 4 nitrogen and oxygen atoms in total. The van der Waals surface area contributed by atoms with Crippen molar-refractivity contribution in [1.82, 2.24) is 15.2 Å². The second-order valence-electron chi connectivity index (χ2n) is 3.06. The summed E-state index contributed by atoms with van der Waals surface area (Å²) in [7, 11) is 0. The highest BCUT2D eigenvalue weighted by Gasteiger charge is 2.06. The highest BCUT2D eigenvalue weighted by atomic mass is 16.1. The van der Waals surface area contributed by atoms with Gasteiger partial charge in [0, 0.05) is 5.56 Å². The van der Waals surface area contributed by atoms with Gasteiger partial charge in [-0.25, -0.2) is 4.98 Å². The van der Waals surface area contributed by atoms with E-state index >= 15 is 0 Å². The summed E-state index contributed by atoms with van der Waals surface area (Å²) in [6, 6.07) is 9.13. The maximum atomic E-state index is 11.7. The number of hydrogen-bond donors (Lipinski definition) is 0. The largest absolute Gasteiger partial charge is 0.294 e. The molecule has 15 heavy (non-hydrogen) atoms. The second-order valence-corrected chi connectivity index (χ2v) is 3.06. The highest BCUT2D eigenvalue weighted by molar-refractivity contribution is 5.97. The van der Waals surface area contributed by atoms with Crippen molar-refractivity contribution in [2.45, 2.75) is 6.42 Å². The van der Waals surface area contributed by atoms with Crippen molar-refractivity contribution in [2.75, 3.05) is 0 Å². The third-order valence-electron chi connectivity index (χ3n) is 1.99. The van der Waals surface area contributed by atoms with Crippen molar-refractivity contribution in [2.24, 2.45) is 0 Å². The first-order valence-corrected chi connectivity index (χ1v) is 4.56. The van der Waals surface area contributed by atoms with Crippen molar-refractivity contribution in [1.29, 1.82) is 0 Å². The molecule has 0 spiro atoms. The van der Waals surface area contributed by atoms with Crippen molar-refractivity contribution in [3.05, 3.63) is 54.1 Å². The van der Waals surface area contributed by atoms with Gasteiger partial charge in [0.05, 0.1) is 18.3 Å². The Kier molecular flexibility index (Phi) is 2.78. The first kappa shape index (κ1) is 9.45. The van der Waals surface area contributed by atoms with Gasteiger partial charge < -0.3 is 0 Å². The highest BCUT2D eigenvalue weighted by Crippen LogP contribution is 2.03. The lowest BCUT2D eigenvalue weighted by Crippen LogP contribution is -2.05. The van der Waals surface area contributed by atoms with E-state index in [9.17, 15) is 4.79 Å². The van der Waals surface area contributed by atoms with Crippen LogP contribution in [0, 0.1) is 0 Å². The molecule has 1 heterocycles. The average molecular weight is 199 g/mol. The summed E-state index contributed by atoms with van der Waals surface area (Å²) >= 11 is 0. The van der Waals surface area contributed by atoms with Gasteiger partial charge in [-0.2, -0.15) is 5.10 Å². The number of aromatic nitrogens is 3. The maximum absolute atomic E-state index is 11.7. The fraction of sp³-hybridized carbons (Fsp3) is 0.0909. The van der Waals surface area contributed by atoms with Gasteiger partial charge in [-0.15, -0.1) is 5.10 Å². The lowest BCUT2D eigenvalue weighted by molar-refractivity contribution is 0.0992. The predicted octanol–water partition coefficient (Wildman–Crippen LogP) is 1.30. The monoisotopic (exact) mass is 199 g/mol. The molecule has 0 amide bonds. The normalized spacial score (nSPS) is 9.87. The summed E-state index contributed by atoms with van der Waals surface area (Å²) in [5, 5.41) is 7.22. The zero-order valence-corrected chi connectivity index (χ0v) is 8.00. The Bertz CT molecular complexity index is 442. The molecule has 0 fully saturated rings. The van der Waals surface area contributed by atoms with E-state index in [2.05, 4.69) is 15.2 Å². The van der Waals surface area contributed by atoms with Gasteiger partial charge in [-0.05, 0) is 0 Å². The lowest BCUT2D eigenvalue weighted by atomic mass is 10.1. The van der Waals surface area contributed by atoms with Crippen LogP contribution in [0.2, 0.25) is 0 Å². The van der Waals surface area contributed by atoms with Crippen molar-refractivity contribution >= 4 is 5.78 Å². The Balaban J connectivity index is 2.12. The molecule has 74 valence electrons. The van der Waals surface area contributed by atoms with Gasteiger partial charge in [0.25, 0.3) is 0 Å². The first-order valence-electron chi connectivity index (χ1n) is 4.56. The van der Waals surface area contributed by atoms with Crippen LogP contribution in [0.5, 0.6) is 0 Å². The van der Waals surface area contributed by atoms with Crippen LogP contribution in [-0.2, 0) is 6.42 Å². The van der Waals surface area contributed by atoms with E-state index in [0.29, 0.717) is 11.3 Å². The molecule has 1 aromatic heterocycles. The van der Waals surface area contributed by atoms with E-state index < -0.39 is 0 Å². The standard InChI is InChI=1S/C11H9N3O/c15-11(9-4-2-1-3-5-9)6-10-7-13-14-8-12-10/h1-5,7-8H,6H2. The Hall–Kier alpha value is -2.10. The predicted molar refractivity (Wildman–Crippen MR) is 54.3 cm³/mol. The summed E-state index contributed by atoms with van der Waals surface area (Å²) in [4.78, 5) is 15.7. The molecular formula is C11H9N3O. The Morgan fingerprint density at radius 1 is 1.13 bits per heavy atom.